The van der Waals surface area contributed by atoms with Crippen molar-refractivity contribution >= 4 is 10.9 Å². The van der Waals surface area contributed by atoms with Crippen molar-refractivity contribution in [3.8, 4) is 0 Å². The molecule has 4 aromatic rings. The van der Waals surface area contributed by atoms with Crippen molar-refractivity contribution in [1.29, 1.82) is 0 Å². The van der Waals surface area contributed by atoms with Gasteiger partial charge in [-0.25, -0.2) is 4.98 Å². The molecular weight excluding hydrogens is 339 g/mol. The highest BCUT2D eigenvalue weighted by Crippen LogP contribution is 2.43. The molecule has 26 heavy (non-hydrogen) atoms. The van der Waals surface area contributed by atoms with E-state index < -0.39 is 17.7 Å². The van der Waals surface area contributed by atoms with E-state index in [1.807, 2.05) is 30.3 Å². The summed E-state index contributed by atoms with van der Waals surface area (Å²) < 4.78 is 41.5. The molecule has 1 N–H and O–H groups in total. The maximum Gasteiger partial charge on any atom is 0.416 e. The second-order valence-corrected chi connectivity index (χ2v) is 5.95. The van der Waals surface area contributed by atoms with Crippen molar-refractivity contribution in [1.82, 2.24) is 15.0 Å². The number of rotatable bonds is 3. The first-order chi connectivity index (χ1) is 12.6. The lowest BCUT2D eigenvalue weighted by atomic mass is 9.83. The predicted octanol–water partition coefficient (Wildman–Crippen LogP) is 5.16. The smallest absolute Gasteiger partial charge is 0.348 e. The molecule has 0 radical (unpaired) electrons. The van der Waals surface area contributed by atoms with Crippen molar-refractivity contribution in [3.05, 3.63) is 95.7 Å². The van der Waals surface area contributed by atoms with E-state index in [0.717, 1.165) is 11.6 Å². The van der Waals surface area contributed by atoms with Crippen LogP contribution in [0.5, 0.6) is 0 Å². The van der Waals surface area contributed by atoms with Gasteiger partial charge in [-0.1, -0.05) is 36.4 Å². The summed E-state index contributed by atoms with van der Waals surface area (Å²) in [4.78, 5) is 11.2. The number of pyridine rings is 1. The minimum Gasteiger partial charge on any atom is -0.348 e. The van der Waals surface area contributed by atoms with E-state index in [2.05, 4.69) is 15.0 Å². The monoisotopic (exact) mass is 353 g/mol. The first-order valence-corrected chi connectivity index (χ1v) is 8.04. The van der Waals surface area contributed by atoms with E-state index in [9.17, 15) is 13.2 Å². The van der Waals surface area contributed by atoms with Crippen LogP contribution >= 0.6 is 0 Å². The molecule has 0 spiro atoms. The van der Waals surface area contributed by atoms with Crippen molar-refractivity contribution in [3.63, 3.8) is 0 Å². The highest BCUT2D eigenvalue weighted by molar-refractivity contribution is 5.85. The summed E-state index contributed by atoms with van der Waals surface area (Å²) in [7, 11) is 0. The Morgan fingerprint density at radius 3 is 2.42 bits per heavy atom. The summed E-state index contributed by atoms with van der Waals surface area (Å²) in [5, 5.41) is 0.478. The molecule has 0 saturated heterocycles. The van der Waals surface area contributed by atoms with Crippen LogP contribution in [0.15, 0.2) is 73.3 Å². The van der Waals surface area contributed by atoms with Crippen molar-refractivity contribution < 1.29 is 13.2 Å². The van der Waals surface area contributed by atoms with E-state index in [1.54, 1.807) is 24.5 Å². The van der Waals surface area contributed by atoms with Crippen molar-refractivity contribution in [2.24, 2.45) is 0 Å². The molecular formula is C20H14F3N3. The van der Waals surface area contributed by atoms with E-state index in [1.165, 1.54) is 12.4 Å². The summed E-state index contributed by atoms with van der Waals surface area (Å²) in [5.41, 5.74) is 1.38. The molecule has 2 aromatic carbocycles. The highest BCUT2D eigenvalue weighted by Gasteiger charge is 2.37. The molecule has 2 heterocycles. The minimum atomic E-state index is -4.48. The third-order valence-electron chi connectivity index (χ3n) is 4.38. The van der Waals surface area contributed by atoms with Crippen LogP contribution in [0.25, 0.3) is 10.9 Å². The molecule has 2 aromatic heterocycles. The molecule has 0 aliphatic carbocycles. The standard InChI is InChI=1S/C20H14F3N3/c21-20(22,23)15-8-9-16-14(7-4-10-25-16)19(15)18(17-11-24-12-26-17)13-5-2-1-3-6-13/h1-12,18H,(H,24,26). The fourth-order valence-electron chi connectivity index (χ4n) is 3.31. The van der Waals surface area contributed by atoms with Crippen LogP contribution < -0.4 is 0 Å². The third-order valence-corrected chi connectivity index (χ3v) is 4.38. The zero-order valence-electron chi connectivity index (χ0n) is 13.5. The summed E-state index contributed by atoms with van der Waals surface area (Å²) in [5.74, 6) is -0.636. The predicted molar refractivity (Wildman–Crippen MR) is 92.7 cm³/mol. The summed E-state index contributed by atoms with van der Waals surface area (Å²) >= 11 is 0. The average Bonchev–Trinajstić information content (AvgIpc) is 3.16. The number of nitrogens with zero attached hydrogens (tertiary/aromatic N) is 2. The van der Waals surface area contributed by atoms with Gasteiger partial charge in [-0.3, -0.25) is 4.98 Å². The Balaban J connectivity index is 2.09. The van der Waals surface area contributed by atoms with Gasteiger partial charge < -0.3 is 4.98 Å². The number of nitrogens with one attached hydrogen (secondary N) is 1. The van der Waals surface area contributed by atoms with Gasteiger partial charge in [0, 0.05) is 23.5 Å². The fraction of sp³-hybridized carbons (Fsp3) is 0.100. The summed E-state index contributed by atoms with van der Waals surface area (Å²) in [6, 6.07) is 15.0. The zero-order chi connectivity index (χ0) is 18.1. The van der Waals surface area contributed by atoms with Gasteiger partial charge in [0.15, 0.2) is 0 Å². The van der Waals surface area contributed by atoms with Gasteiger partial charge >= 0.3 is 6.18 Å². The Morgan fingerprint density at radius 1 is 0.923 bits per heavy atom. The molecule has 0 aliphatic rings. The van der Waals surface area contributed by atoms with Crippen LogP contribution in [0, 0.1) is 0 Å². The van der Waals surface area contributed by atoms with Crippen molar-refractivity contribution in [2.45, 2.75) is 12.1 Å². The lowest BCUT2D eigenvalue weighted by Gasteiger charge is -2.23. The van der Waals surface area contributed by atoms with Crippen LogP contribution in [0.4, 0.5) is 13.2 Å². The minimum absolute atomic E-state index is 0.179. The summed E-state index contributed by atoms with van der Waals surface area (Å²) in [6.45, 7) is 0. The first kappa shape index (κ1) is 16.3. The van der Waals surface area contributed by atoms with Crippen LogP contribution in [-0.4, -0.2) is 15.0 Å². The van der Waals surface area contributed by atoms with Crippen LogP contribution in [-0.2, 0) is 6.18 Å². The lowest BCUT2D eigenvalue weighted by Crippen LogP contribution is -2.15. The Hall–Kier alpha value is -3.15. The maximum absolute atomic E-state index is 13.8. The number of fused-ring (bicyclic) bond motifs is 1. The quantitative estimate of drug-likeness (QED) is 0.553. The van der Waals surface area contributed by atoms with E-state index >= 15 is 0 Å². The normalized spacial score (nSPS) is 13.0. The van der Waals surface area contributed by atoms with E-state index in [4.69, 9.17) is 0 Å². The Kier molecular flexibility index (Phi) is 3.95. The van der Waals surface area contributed by atoms with Crippen LogP contribution in [0.3, 0.4) is 0 Å². The first-order valence-electron chi connectivity index (χ1n) is 8.04. The second kappa shape index (κ2) is 6.29. The number of alkyl halides is 3. The molecule has 6 heteroatoms. The Bertz CT molecular complexity index is 1030. The molecule has 0 amide bonds. The molecule has 0 saturated carbocycles. The number of hydrogen-bond acceptors (Lipinski definition) is 2. The van der Waals surface area contributed by atoms with Gasteiger partial charge in [0.2, 0.25) is 0 Å². The molecule has 0 aliphatic heterocycles. The van der Waals surface area contributed by atoms with Gasteiger partial charge in [-0.05, 0) is 29.3 Å². The Morgan fingerprint density at radius 2 is 1.73 bits per heavy atom. The molecule has 3 nitrogen and oxygen atoms in total. The molecule has 4 rings (SSSR count). The topological polar surface area (TPSA) is 41.6 Å². The van der Waals surface area contributed by atoms with E-state index in [-0.39, 0.29) is 5.56 Å². The zero-order valence-corrected chi connectivity index (χ0v) is 13.5. The number of aromatic amines is 1. The molecule has 0 bridgehead atoms. The van der Waals surface area contributed by atoms with Gasteiger partial charge in [-0.2, -0.15) is 13.2 Å². The second-order valence-electron chi connectivity index (χ2n) is 5.95. The Labute approximate surface area is 147 Å². The lowest BCUT2D eigenvalue weighted by molar-refractivity contribution is -0.138. The fourth-order valence-corrected chi connectivity index (χ4v) is 3.31. The maximum atomic E-state index is 13.8. The number of benzene rings is 2. The highest BCUT2D eigenvalue weighted by atomic mass is 19.4. The third kappa shape index (κ3) is 2.83. The van der Waals surface area contributed by atoms with E-state index in [0.29, 0.717) is 16.6 Å². The summed E-state index contributed by atoms with van der Waals surface area (Å²) in [6.07, 6.45) is 0.133. The average molecular weight is 353 g/mol. The number of aromatic nitrogens is 3. The number of halogens is 3. The van der Waals surface area contributed by atoms with Gasteiger partial charge in [0.05, 0.1) is 23.3 Å². The van der Waals surface area contributed by atoms with Gasteiger partial charge in [-0.15, -0.1) is 0 Å². The van der Waals surface area contributed by atoms with Crippen LogP contribution in [0.2, 0.25) is 0 Å². The molecule has 1 unspecified atom stereocenters. The van der Waals surface area contributed by atoms with Crippen LogP contribution in [0.1, 0.15) is 28.3 Å². The number of hydrogen-bond donors (Lipinski definition) is 1. The van der Waals surface area contributed by atoms with Gasteiger partial charge in [0.1, 0.15) is 0 Å². The van der Waals surface area contributed by atoms with Crippen molar-refractivity contribution in [2.75, 3.05) is 0 Å². The molecule has 1 atom stereocenters. The molecule has 0 fully saturated rings. The largest absolute Gasteiger partial charge is 0.416 e. The number of H-pyrrole nitrogens is 1. The van der Waals surface area contributed by atoms with Gasteiger partial charge in [0.25, 0.3) is 0 Å². The number of imidazole rings is 1. The SMILES string of the molecule is FC(F)(F)c1ccc2ncccc2c1C(c1ccccc1)c1cnc[nH]1. The molecule has 130 valence electrons.